The molecular formula is C9H8F2O2. The lowest BCUT2D eigenvalue weighted by molar-refractivity contribution is 0.101. The van der Waals surface area contributed by atoms with Crippen LogP contribution in [-0.4, -0.2) is 12.9 Å². The molecule has 1 aromatic carbocycles. The summed E-state index contributed by atoms with van der Waals surface area (Å²) in [6.45, 7) is 1.17. The van der Waals surface area contributed by atoms with E-state index < -0.39 is 17.4 Å². The van der Waals surface area contributed by atoms with E-state index in [1.165, 1.54) is 26.2 Å². The highest BCUT2D eigenvalue weighted by atomic mass is 19.2. The van der Waals surface area contributed by atoms with E-state index >= 15 is 0 Å². The molecule has 0 atom stereocenters. The van der Waals surface area contributed by atoms with Gasteiger partial charge in [0.2, 0.25) is 5.82 Å². The molecule has 70 valence electrons. The second-order valence-electron chi connectivity index (χ2n) is 2.50. The summed E-state index contributed by atoms with van der Waals surface area (Å²) in [6.07, 6.45) is 0. The molecule has 0 aromatic heterocycles. The lowest BCUT2D eigenvalue weighted by atomic mass is 10.1. The van der Waals surface area contributed by atoms with Gasteiger partial charge in [-0.2, -0.15) is 4.39 Å². The van der Waals surface area contributed by atoms with Crippen LogP contribution in [0.2, 0.25) is 0 Å². The zero-order valence-electron chi connectivity index (χ0n) is 7.23. The Labute approximate surface area is 74.1 Å². The number of ether oxygens (including phenoxy) is 1. The summed E-state index contributed by atoms with van der Waals surface area (Å²) in [5.41, 5.74) is -0.265. The maximum absolute atomic E-state index is 13.0. The summed E-state index contributed by atoms with van der Waals surface area (Å²) in [6, 6.07) is 2.41. The molecule has 0 saturated carbocycles. The lowest BCUT2D eigenvalue weighted by Crippen LogP contribution is -2.01. The summed E-state index contributed by atoms with van der Waals surface area (Å²) >= 11 is 0. The number of benzene rings is 1. The molecule has 0 saturated heterocycles. The molecule has 0 radical (unpaired) electrons. The van der Waals surface area contributed by atoms with E-state index in [2.05, 4.69) is 4.74 Å². The number of hydrogen-bond acceptors (Lipinski definition) is 2. The molecule has 2 nitrogen and oxygen atoms in total. The van der Waals surface area contributed by atoms with E-state index in [1.807, 2.05) is 0 Å². The Morgan fingerprint density at radius 3 is 2.38 bits per heavy atom. The maximum atomic E-state index is 13.0. The van der Waals surface area contributed by atoms with Gasteiger partial charge in [-0.1, -0.05) is 0 Å². The van der Waals surface area contributed by atoms with Crippen molar-refractivity contribution in [2.75, 3.05) is 7.11 Å². The van der Waals surface area contributed by atoms with E-state index in [1.54, 1.807) is 0 Å². The first kappa shape index (κ1) is 9.64. The minimum Gasteiger partial charge on any atom is -0.494 e. The normalized spacial score (nSPS) is 9.85. The predicted octanol–water partition coefficient (Wildman–Crippen LogP) is 2.18. The average molecular weight is 186 g/mol. The first-order valence-corrected chi connectivity index (χ1v) is 3.61. The van der Waals surface area contributed by atoms with Gasteiger partial charge in [0, 0.05) is 0 Å². The van der Waals surface area contributed by atoms with Crippen molar-refractivity contribution in [3.05, 3.63) is 29.3 Å². The minimum atomic E-state index is -1.16. The maximum Gasteiger partial charge on any atom is 0.201 e. The SMILES string of the molecule is COc1ccc(C(C)=O)c(F)c1F. The van der Waals surface area contributed by atoms with E-state index in [9.17, 15) is 13.6 Å². The van der Waals surface area contributed by atoms with Crippen molar-refractivity contribution in [2.24, 2.45) is 0 Å². The van der Waals surface area contributed by atoms with Gasteiger partial charge < -0.3 is 4.74 Å². The fraction of sp³-hybridized carbons (Fsp3) is 0.222. The quantitative estimate of drug-likeness (QED) is 0.661. The molecule has 0 fully saturated rings. The fourth-order valence-electron chi connectivity index (χ4n) is 0.961. The van der Waals surface area contributed by atoms with Crippen LogP contribution in [0.25, 0.3) is 0 Å². The van der Waals surface area contributed by atoms with Gasteiger partial charge in [0.1, 0.15) is 0 Å². The molecule has 0 bridgehead atoms. The van der Waals surface area contributed by atoms with Crippen molar-refractivity contribution in [3.63, 3.8) is 0 Å². The van der Waals surface area contributed by atoms with Crippen LogP contribution in [-0.2, 0) is 0 Å². The fourth-order valence-corrected chi connectivity index (χ4v) is 0.961. The van der Waals surface area contributed by atoms with Crippen LogP contribution in [0.3, 0.4) is 0 Å². The summed E-state index contributed by atoms with van der Waals surface area (Å²) in [5, 5.41) is 0. The molecule has 0 aliphatic heterocycles. The van der Waals surface area contributed by atoms with Crippen molar-refractivity contribution < 1.29 is 18.3 Å². The van der Waals surface area contributed by atoms with Gasteiger partial charge in [-0.25, -0.2) is 4.39 Å². The second-order valence-corrected chi connectivity index (χ2v) is 2.50. The summed E-state index contributed by atoms with van der Waals surface area (Å²) in [7, 11) is 1.23. The van der Waals surface area contributed by atoms with E-state index in [-0.39, 0.29) is 11.3 Å². The monoisotopic (exact) mass is 186 g/mol. The second kappa shape index (κ2) is 3.51. The summed E-state index contributed by atoms with van der Waals surface area (Å²) in [5.74, 6) is -3.01. The highest BCUT2D eigenvalue weighted by molar-refractivity contribution is 5.94. The molecule has 1 rings (SSSR count). The highest BCUT2D eigenvalue weighted by Gasteiger charge is 2.15. The van der Waals surface area contributed by atoms with Crippen LogP contribution < -0.4 is 4.74 Å². The number of methoxy groups -OCH3 is 1. The van der Waals surface area contributed by atoms with Gasteiger partial charge in [0.05, 0.1) is 12.7 Å². The zero-order chi connectivity index (χ0) is 10.0. The first-order chi connectivity index (χ1) is 6.07. The Morgan fingerprint density at radius 1 is 1.31 bits per heavy atom. The smallest absolute Gasteiger partial charge is 0.201 e. The lowest BCUT2D eigenvalue weighted by Gasteiger charge is -2.04. The third-order valence-electron chi connectivity index (χ3n) is 1.65. The van der Waals surface area contributed by atoms with Crippen molar-refractivity contribution >= 4 is 5.78 Å². The van der Waals surface area contributed by atoms with Crippen LogP contribution in [0.5, 0.6) is 5.75 Å². The Bertz CT molecular complexity index is 348. The van der Waals surface area contributed by atoms with Gasteiger partial charge in [0.15, 0.2) is 17.3 Å². The molecular weight excluding hydrogens is 178 g/mol. The van der Waals surface area contributed by atoms with Gasteiger partial charge in [-0.15, -0.1) is 0 Å². The van der Waals surface area contributed by atoms with E-state index in [0.29, 0.717) is 0 Å². The van der Waals surface area contributed by atoms with Crippen molar-refractivity contribution in [1.29, 1.82) is 0 Å². The summed E-state index contributed by atoms with van der Waals surface area (Å²) in [4.78, 5) is 10.8. The van der Waals surface area contributed by atoms with Crippen LogP contribution in [0.4, 0.5) is 8.78 Å². The Morgan fingerprint density at radius 2 is 1.92 bits per heavy atom. The van der Waals surface area contributed by atoms with Crippen LogP contribution in [0.15, 0.2) is 12.1 Å². The number of rotatable bonds is 2. The van der Waals surface area contributed by atoms with Crippen molar-refractivity contribution in [1.82, 2.24) is 0 Å². The minimum absolute atomic E-state index is 0.206. The zero-order valence-corrected chi connectivity index (χ0v) is 7.23. The Hall–Kier alpha value is -1.45. The first-order valence-electron chi connectivity index (χ1n) is 3.61. The molecule has 4 heteroatoms. The van der Waals surface area contributed by atoms with Gasteiger partial charge in [-0.05, 0) is 19.1 Å². The summed E-state index contributed by atoms with van der Waals surface area (Å²) < 4.78 is 30.5. The number of ketones is 1. The molecule has 1 aromatic rings. The predicted molar refractivity (Wildman–Crippen MR) is 42.9 cm³/mol. The van der Waals surface area contributed by atoms with Crippen LogP contribution in [0, 0.1) is 11.6 Å². The molecule has 0 aliphatic carbocycles. The Balaban J connectivity index is 3.31. The molecule has 0 unspecified atom stereocenters. The largest absolute Gasteiger partial charge is 0.494 e. The Kier molecular flexibility index (Phi) is 2.60. The molecule has 0 aliphatic rings. The number of carbonyl (C=O) groups excluding carboxylic acids is 1. The molecule has 0 amide bonds. The number of Topliss-reactive ketones (excluding diaryl/α,β-unsaturated/α-hetero) is 1. The van der Waals surface area contributed by atoms with Gasteiger partial charge in [-0.3, -0.25) is 4.79 Å². The number of halogens is 2. The third-order valence-corrected chi connectivity index (χ3v) is 1.65. The standard InChI is InChI=1S/C9H8F2O2/c1-5(12)6-3-4-7(13-2)9(11)8(6)10/h3-4H,1-2H3. The highest BCUT2D eigenvalue weighted by Crippen LogP contribution is 2.22. The van der Waals surface area contributed by atoms with E-state index in [4.69, 9.17) is 0 Å². The topological polar surface area (TPSA) is 26.3 Å². The molecule has 0 heterocycles. The van der Waals surface area contributed by atoms with Crippen molar-refractivity contribution in [3.8, 4) is 5.75 Å². The number of hydrogen-bond donors (Lipinski definition) is 0. The van der Waals surface area contributed by atoms with Gasteiger partial charge >= 0.3 is 0 Å². The number of carbonyl (C=O) groups is 1. The molecule has 0 spiro atoms. The molecule has 13 heavy (non-hydrogen) atoms. The molecule has 0 N–H and O–H groups in total. The van der Waals surface area contributed by atoms with Gasteiger partial charge in [0.25, 0.3) is 0 Å². The van der Waals surface area contributed by atoms with Crippen molar-refractivity contribution in [2.45, 2.75) is 6.92 Å². The third kappa shape index (κ3) is 1.66. The average Bonchev–Trinajstić information content (AvgIpc) is 2.09. The van der Waals surface area contributed by atoms with E-state index in [0.717, 1.165) is 0 Å². The van der Waals surface area contributed by atoms with Crippen LogP contribution in [0.1, 0.15) is 17.3 Å². The van der Waals surface area contributed by atoms with Crippen LogP contribution >= 0.6 is 0 Å².